The Labute approximate surface area is 126 Å². The standard InChI is InChI=1S/C12H7ClN2O5S/c13-8-1-6(12(17)18)2-9(4-8)14-11(16)7-3-10(15(19)20)21-5-7/h1-5H,(H,14,16)(H,17,18). The largest absolute Gasteiger partial charge is 0.478 e. The number of amides is 1. The molecule has 0 radical (unpaired) electrons. The smallest absolute Gasteiger partial charge is 0.335 e. The molecule has 0 spiro atoms. The highest BCUT2D eigenvalue weighted by Gasteiger charge is 2.16. The summed E-state index contributed by atoms with van der Waals surface area (Å²) in [6.45, 7) is 0. The van der Waals surface area contributed by atoms with Crippen LogP contribution in [-0.4, -0.2) is 21.9 Å². The molecule has 108 valence electrons. The van der Waals surface area contributed by atoms with Gasteiger partial charge in [0, 0.05) is 22.2 Å². The summed E-state index contributed by atoms with van der Waals surface area (Å²) in [5, 5.41) is 23.3. The molecule has 2 aromatic rings. The molecule has 0 unspecified atom stereocenters. The van der Waals surface area contributed by atoms with Gasteiger partial charge in [-0.2, -0.15) is 0 Å². The molecule has 2 N–H and O–H groups in total. The Bertz CT molecular complexity index is 743. The molecule has 0 aliphatic heterocycles. The van der Waals surface area contributed by atoms with Crippen molar-refractivity contribution in [3.05, 3.63) is 55.9 Å². The third-order valence-electron chi connectivity index (χ3n) is 2.43. The SMILES string of the molecule is O=C(O)c1cc(Cl)cc(NC(=O)c2csc([N+](=O)[O-])c2)c1. The molecular formula is C12H7ClN2O5S. The Kier molecular flexibility index (Phi) is 4.20. The predicted octanol–water partition coefficient (Wildman–Crippen LogP) is 3.26. The fourth-order valence-electron chi connectivity index (χ4n) is 1.53. The summed E-state index contributed by atoms with van der Waals surface area (Å²) >= 11 is 6.59. The molecule has 0 saturated heterocycles. The molecular weight excluding hydrogens is 320 g/mol. The lowest BCUT2D eigenvalue weighted by Crippen LogP contribution is -2.11. The van der Waals surface area contributed by atoms with Gasteiger partial charge in [-0.3, -0.25) is 14.9 Å². The van der Waals surface area contributed by atoms with Crippen LogP contribution in [0.1, 0.15) is 20.7 Å². The molecule has 0 bridgehead atoms. The van der Waals surface area contributed by atoms with Crippen molar-refractivity contribution in [3.63, 3.8) is 0 Å². The number of carbonyl (C=O) groups excluding carboxylic acids is 1. The third kappa shape index (κ3) is 3.56. The summed E-state index contributed by atoms with van der Waals surface area (Å²) in [5.74, 6) is -1.77. The van der Waals surface area contributed by atoms with Crippen LogP contribution in [-0.2, 0) is 0 Å². The Balaban J connectivity index is 2.22. The van der Waals surface area contributed by atoms with Crippen molar-refractivity contribution in [1.82, 2.24) is 0 Å². The molecule has 1 aromatic heterocycles. The number of carbonyl (C=O) groups is 2. The van der Waals surface area contributed by atoms with E-state index in [4.69, 9.17) is 16.7 Å². The minimum Gasteiger partial charge on any atom is -0.478 e. The fourth-order valence-corrected chi connectivity index (χ4v) is 2.47. The van der Waals surface area contributed by atoms with E-state index in [1.54, 1.807) is 0 Å². The van der Waals surface area contributed by atoms with E-state index < -0.39 is 16.8 Å². The zero-order valence-corrected chi connectivity index (χ0v) is 11.8. The first-order valence-electron chi connectivity index (χ1n) is 5.45. The van der Waals surface area contributed by atoms with Gasteiger partial charge >= 0.3 is 11.0 Å². The summed E-state index contributed by atoms with van der Waals surface area (Å²) in [7, 11) is 0. The lowest BCUT2D eigenvalue weighted by Gasteiger charge is -2.05. The molecule has 1 heterocycles. The van der Waals surface area contributed by atoms with E-state index in [1.165, 1.54) is 23.6 Å². The van der Waals surface area contributed by atoms with E-state index in [-0.39, 0.29) is 26.8 Å². The van der Waals surface area contributed by atoms with Crippen LogP contribution in [0.15, 0.2) is 29.6 Å². The van der Waals surface area contributed by atoms with Crippen LogP contribution in [0.2, 0.25) is 5.02 Å². The van der Waals surface area contributed by atoms with Crippen LogP contribution in [0.5, 0.6) is 0 Å². The van der Waals surface area contributed by atoms with Gasteiger partial charge in [-0.25, -0.2) is 4.79 Å². The van der Waals surface area contributed by atoms with E-state index in [0.717, 1.165) is 17.4 Å². The molecule has 7 nitrogen and oxygen atoms in total. The quantitative estimate of drug-likeness (QED) is 0.662. The highest BCUT2D eigenvalue weighted by atomic mass is 35.5. The minimum atomic E-state index is -1.18. The van der Waals surface area contributed by atoms with Gasteiger partial charge in [0.2, 0.25) is 0 Å². The van der Waals surface area contributed by atoms with Crippen molar-refractivity contribution in [2.75, 3.05) is 5.32 Å². The van der Waals surface area contributed by atoms with Crippen molar-refractivity contribution in [2.45, 2.75) is 0 Å². The van der Waals surface area contributed by atoms with Crippen LogP contribution in [0.4, 0.5) is 10.7 Å². The molecule has 1 aromatic carbocycles. The number of aromatic carboxylic acids is 1. The van der Waals surface area contributed by atoms with E-state index in [0.29, 0.717) is 0 Å². The van der Waals surface area contributed by atoms with Gasteiger partial charge in [-0.1, -0.05) is 22.9 Å². The molecule has 0 saturated carbocycles. The van der Waals surface area contributed by atoms with Crippen LogP contribution in [0.3, 0.4) is 0 Å². The number of hydrogen-bond donors (Lipinski definition) is 2. The maximum Gasteiger partial charge on any atom is 0.335 e. The van der Waals surface area contributed by atoms with Crippen molar-refractivity contribution in [3.8, 4) is 0 Å². The lowest BCUT2D eigenvalue weighted by molar-refractivity contribution is -0.380. The second-order valence-electron chi connectivity index (χ2n) is 3.92. The number of benzene rings is 1. The molecule has 21 heavy (non-hydrogen) atoms. The number of thiophene rings is 1. The van der Waals surface area contributed by atoms with Crippen LogP contribution in [0, 0.1) is 10.1 Å². The van der Waals surface area contributed by atoms with Crippen molar-refractivity contribution in [1.29, 1.82) is 0 Å². The number of hydrogen-bond acceptors (Lipinski definition) is 5. The van der Waals surface area contributed by atoms with Crippen molar-refractivity contribution in [2.24, 2.45) is 0 Å². The van der Waals surface area contributed by atoms with Gasteiger partial charge in [0.05, 0.1) is 16.1 Å². The first-order chi connectivity index (χ1) is 9.86. The van der Waals surface area contributed by atoms with Crippen LogP contribution in [0.25, 0.3) is 0 Å². The highest BCUT2D eigenvalue weighted by molar-refractivity contribution is 7.13. The molecule has 0 aliphatic carbocycles. The van der Waals surface area contributed by atoms with Crippen molar-refractivity contribution >= 4 is 45.5 Å². The maximum atomic E-state index is 11.9. The van der Waals surface area contributed by atoms with Crippen molar-refractivity contribution < 1.29 is 19.6 Å². The summed E-state index contributed by atoms with van der Waals surface area (Å²) in [5.41, 5.74) is 0.233. The average Bonchev–Trinajstić information content (AvgIpc) is 2.87. The van der Waals surface area contributed by atoms with Crippen LogP contribution < -0.4 is 5.32 Å². The zero-order chi connectivity index (χ0) is 15.6. The van der Waals surface area contributed by atoms with E-state index in [2.05, 4.69) is 5.32 Å². The first kappa shape index (κ1) is 14.9. The Hall–Kier alpha value is -2.45. The third-order valence-corrected chi connectivity index (χ3v) is 3.53. The van der Waals surface area contributed by atoms with Gasteiger partial charge in [-0.15, -0.1) is 0 Å². The van der Waals surface area contributed by atoms with Crippen LogP contribution >= 0.6 is 22.9 Å². The van der Waals surface area contributed by atoms with E-state index in [1.807, 2.05) is 0 Å². The van der Waals surface area contributed by atoms with Gasteiger partial charge in [-0.05, 0) is 18.2 Å². The number of nitro groups is 1. The molecule has 0 aliphatic rings. The second-order valence-corrected chi connectivity index (χ2v) is 5.24. The topological polar surface area (TPSA) is 110 Å². The molecule has 0 atom stereocenters. The monoisotopic (exact) mass is 326 g/mol. The highest BCUT2D eigenvalue weighted by Crippen LogP contribution is 2.24. The summed E-state index contributed by atoms with van der Waals surface area (Å²) in [6, 6.07) is 5.01. The molecule has 2 rings (SSSR count). The fraction of sp³-hybridized carbons (Fsp3) is 0. The Morgan fingerprint density at radius 3 is 2.52 bits per heavy atom. The summed E-state index contributed by atoms with van der Waals surface area (Å²) < 4.78 is 0. The van der Waals surface area contributed by atoms with Gasteiger partial charge in [0.25, 0.3) is 5.91 Å². The normalized spacial score (nSPS) is 10.1. The Morgan fingerprint density at radius 2 is 1.95 bits per heavy atom. The summed E-state index contributed by atoms with van der Waals surface area (Å²) in [6.07, 6.45) is 0. The number of nitrogens with one attached hydrogen (secondary N) is 1. The second kappa shape index (κ2) is 5.90. The lowest BCUT2D eigenvalue weighted by atomic mass is 10.2. The molecule has 1 amide bonds. The summed E-state index contributed by atoms with van der Waals surface area (Å²) in [4.78, 5) is 32.8. The number of carboxylic acid groups (broad SMARTS) is 1. The van der Waals surface area contributed by atoms with Gasteiger partial charge in [0.1, 0.15) is 0 Å². The number of anilines is 1. The first-order valence-corrected chi connectivity index (χ1v) is 6.71. The number of halogens is 1. The average molecular weight is 327 g/mol. The predicted molar refractivity (Wildman–Crippen MR) is 77.3 cm³/mol. The van der Waals surface area contributed by atoms with Gasteiger partial charge in [0.15, 0.2) is 0 Å². The van der Waals surface area contributed by atoms with Gasteiger partial charge < -0.3 is 10.4 Å². The molecule has 0 fully saturated rings. The van der Waals surface area contributed by atoms with E-state index >= 15 is 0 Å². The number of carboxylic acids is 1. The number of rotatable bonds is 4. The Morgan fingerprint density at radius 1 is 1.24 bits per heavy atom. The zero-order valence-electron chi connectivity index (χ0n) is 10.2. The minimum absolute atomic E-state index is 0.0749. The maximum absolute atomic E-state index is 11.9. The molecule has 9 heteroatoms. The number of nitrogens with zero attached hydrogens (tertiary/aromatic N) is 1. The van der Waals surface area contributed by atoms with E-state index in [9.17, 15) is 19.7 Å².